The van der Waals surface area contributed by atoms with Gasteiger partial charge in [0.15, 0.2) is 0 Å². The summed E-state index contributed by atoms with van der Waals surface area (Å²) in [7, 11) is 1.28. The van der Waals surface area contributed by atoms with Crippen LogP contribution in [0.2, 0.25) is 0 Å². The van der Waals surface area contributed by atoms with Crippen molar-refractivity contribution in [3.05, 3.63) is 59.2 Å². The van der Waals surface area contributed by atoms with E-state index in [9.17, 15) is 14.7 Å². The highest BCUT2D eigenvalue weighted by atomic mass is 16.5. The van der Waals surface area contributed by atoms with Crippen molar-refractivity contribution in [1.82, 2.24) is 0 Å². The Morgan fingerprint density at radius 2 is 1.86 bits per heavy atom. The van der Waals surface area contributed by atoms with Crippen molar-refractivity contribution < 1.29 is 19.4 Å². The molecule has 5 heteroatoms. The van der Waals surface area contributed by atoms with Crippen LogP contribution in [0.1, 0.15) is 26.3 Å². The van der Waals surface area contributed by atoms with Crippen LogP contribution in [0.4, 0.5) is 5.69 Å². The van der Waals surface area contributed by atoms with Crippen molar-refractivity contribution in [3.8, 4) is 5.75 Å². The molecule has 2 N–H and O–H groups in total. The maximum Gasteiger partial charge on any atom is 0.339 e. The molecular weight excluding hydrogens is 270 g/mol. The number of ether oxygens (including phenoxy) is 1. The second-order valence-corrected chi connectivity index (χ2v) is 4.49. The zero-order chi connectivity index (χ0) is 15.4. The van der Waals surface area contributed by atoms with Crippen molar-refractivity contribution in [2.24, 2.45) is 0 Å². The number of benzene rings is 2. The van der Waals surface area contributed by atoms with Gasteiger partial charge in [0.25, 0.3) is 5.91 Å². The van der Waals surface area contributed by atoms with Gasteiger partial charge in [0.05, 0.1) is 18.4 Å². The minimum Gasteiger partial charge on any atom is -0.508 e. The van der Waals surface area contributed by atoms with Gasteiger partial charge in [-0.25, -0.2) is 4.79 Å². The highest BCUT2D eigenvalue weighted by Crippen LogP contribution is 2.20. The first-order chi connectivity index (χ1) is 10.0. The second-order valence-electron chi connectivity index (χ2n) is 4.49. The van der Waals surface area contributed by atoms with Crippen molar-refractivity contribution in [2.45, 2.75) is 6.92 Å². The number of aryl methyl sites for hydroxylation is 1. The summed E-state index contributed by atoms with van der Waals surface area (Å²) < 4.78 is 4.68. The first-order valence-electron chi connectivity index (χ1n) is 6.31. The highest BCUT2D eigenvalue weighted by Gasteiger charge is 2.14. The number of hydrogen-bond acceptors (Lipinski definition) is 4. The fourth-order valence-corrected chi connectivity index (χ4v) is 1.87. The van der Waals surface area contributed by atoms with E-state index in [1.54, 1.807) is 37.3 Å². The second kappa shape index (κ2) is 6.09. The lowest BCUT2D eigenvalue weighted by Gasteiger charge is -2.10. The topological polar surface area (TPSA) is 75.6 Å². The van der Waals surface area contributed by atoms with Crippen molar-refractivity contribution in [2.75, 3.05) is 12.4 Å². The number of hydrogen-bond donors (Lipinski definition) is 2. The molecule has 108 valence electrons. The van der Waals surface area contributed by atoms with E-state index in [4.69, 9.17) is 0 Å². The van der Waals surface area contributed by atoms with E-state index >= 15 is 0 Å². The summed E-state index contributed by atoms with van der Waals surface area (Å²) in [5.74, 6) is -0.760. The van der Waals surface area contributed by atoms with Crippen molar-refractivity contribution in [1.29, 1.82) is 0 Å². The minimum absolute atomic E-state index is 0.126. The number of esters is 1. The fourth-order valence-electron chi connectivity index (χ4n) is 1.87. The van der Waals surface area contributed by atoms with Crippen LogP contribution in [0, 0.1) is 6.92 Å². The summed E-state index contributed by atoms with van der Waals surface area (Å²) >= 11 is 0. The molecular formula is C16H15NO4. The van der Waals surface area contributed by atoms with Gasteiger partial charge in [-0.05, 0) is 42.8 Å². The number of amides is 1. The molecule has 2 aromatic carbocycles. The minimum atomic E-state index is -0.521. The molecule has 0 saturated heterocycles. The SMILES string of the molecule is COC(=O)c1ccccc1NC(=O)c1ccc(O)c(C)c1. The fraction of sp³-hybridized carbons (Fsp3) is 0.125. The Morgan fingerprint density at radius 3 is 2.52 bits per heavy atom. The van der Waals surface area contributed by atoms with E-state index < -0.39 is 5.97 Å². The number of phenolic OH excluding ortho intramolecular Hbond substituents is 1. The first kappa shape index (κ1) is 14.6. The van der Waals surface area contributed by atoms with E-state index in [1.165, 1.54) is 19.2 Å². The average molecular weight is 285 g/mol. The molecule has 0 radical (unpaired) electrons. The smallest absolute Gasteiger partial charge is 0.339 e. The lowest BCUT2D eigenvalue weighted by molar-refractivity contribution is 0.0602. The van der Waals surface area contributed by atoms with Crippen LogP contribution >= 0.6 is 0 Å². The van der Waals surface area contributed by atoms with E-state index in [2.05, 4.69) is 10.1 Å². The molecule has 21 heavy (non-hydrogen) atoms. The summed E-state index contributed by atoms with van der Waals surface area (Å²) in [6.45, 7) is 1.70. The molecule has 0 atom stereocenters. The summed E-state index contributed by atoms with van der Waals surface area (Å²) in [5.41, 5.74) is 1.65. The van der Waals surface area contributed by atoms with Crippen LogP contribution in [0.15, 0.2) is 42.5 Å². The van der Waals surface area contributed by atoms with E-state index in [-0.39, 0.29) is 17.2 Å². The predicted molar refractivity (Wildman–Crippen MR) is 78.6 cm³/mol. The number of rotatable bonds is 3. The van der Waals surface area contributed by atoms with Gasteiger partial charge in [0.1, 0.15) is 5.75 Å². The molecule has 1 amide bonds. The van der Waals surface area contributed by atoms with Gasteiger partial charge < -0.3 is 15.2 Å². The molecule has 2 rings (SSSR count). The van der Waals surface area contributed by atoms with Crippen LogP contribution in [-0.4, -0.2) is 24.1 Å². The molecule has 0 aliphatic heterocycles. The molecule has 0 aliphatic carbocycles. The van der Waals surface area contributed by atoms with Crippen LogP contribution in [0.25, 0.3) is 0 Å². The van der Waals surface area contributed by atoms with E-state index in [0.29, 0.717) is 16.8 Å². The van der Waals surface area contributed by atoms with Gasteiger partial charge in [-0.1, -0.05) is 12.1 Å². The Labute approximate surface area is 122 Å². The predicted octanol–water partition coefficient (Wildman–Crippen LogP) is 2.74. The monoisotopic (exact) mass is 285 g/mol. The van der Waals surface area contributed by atoms with Crippen LogP contribution in [0.5, 0.6) is 5.75 Å². The number of carbonyl (C=O) groups excluding carboxylic acids is 2. The van der Waals surface area contributed by atoms with Gasteiger partial charge in [0, 0.05) is 5.56 Å². The number of methoxy groups -OCH3 is 1. The molecule has 2 aromatic rings. The average Bonchev–Trinajstić information content (AvgIpc) is 2.49. The maximum absolute atomic E-state index is 12.2. The summed E-state index contributed by atoms with van der Waals surface area (Å²) in [5, 5.41) is 12.1. The third-order valence-electron chi connectivity index (χ3n) is 3.04. The maximum atomic E-state index is 12.2. The highest BCUT2D eigenvalue weighted by molar-refractivity contribution is 6.08. The van der Waals surface area contributed by atoms with Gasteiger partial charge >= 0.3 is 5.97 Å². The quantitative estimate of drug-likeness (QED) is 0.850. The number of carbonyl (C=O) groups is 2. The molecule has 5 nitrogen and oxygen atoms in total. The Kier molecular flexibility index (Phi) is 4.23. The van der Waals surface area contributed by atoms with Gasteiger partial charge in [-0.15, -0.1) is 0 Å². The molecule has 0 heterocycles. The third-order valence-corrected chi connectivity index (χ3v) is 3.04. The largest absolute Gasteiger partial charge is 0.508 e. The zero-order valence-corrected chi connectivity index (χ0v) is 11.7. The molecule has 0 bridgehead atoms. The summed E-state index contributed by atoms with van der Waals surface area (Å²) in [6, 6.07) is 11.1. The van der Waals surface area contributed by atoms with Crippen LogP contribution in [0.3, 0.4) is 0 Å². The number of nitrogens with one attached hydrogen (secondary N) is 1. The van der Waals surface area contributed by atoms with Crippen LogP contribution in [-0.2, 0) is 4.74 Å². The summed E-state index contributed by atoms with van der Waals surface area (Å²) in [4.78, 5) is 23.8. The van der Waals surface area contributed by atoms with Crippen LogP contribution < -0.4 is 5.32 Å². The van der Waals surface area contributed by atoms with E-state index in [1.807, 2.05) is 0 Å². The third kappa shape index (κ3) is 3.20. The lowest BCUT2D eigenvalue weighted by Crippen LogP contribution is -2.15. The van der Waals surface area contributed by atoms with E-state index in [0.717, 1.165) is 0 Å². The number of phenols is 1. The Bertz CT molecular complexity index is 694. The summed E-state index contributed by atoms with van der Waals surface area (Å²) in [6.07, 6.45) is 0. The Balaban J connectivity index is 2.27. The normalized spacial score (nSPS) is 10.0. The Hall–Kier alpha value is -2.82. The zero-order valence-electron chi connectivity index (χ0n) is 11.7. The molecule has 0 fully saturated rings. The number of anilines is 1. The van der Waals surface area contributed by atoms with Gasteiger partial charge in [-0.3, -0.25) is 4.79 Å². The number of para-hydroxylation sites is 1. The lowest BCUT2D eigenvalue weighted by atomic mass is 10.1. The molecule has 0 unspecified atom stereocenters. The Morgan fingerprint density at radius 1 is 1.14 bits per heavy atom. The number of aromatic hydroxyl groups is 1. The van der Waals surface area contributed by atoms with Gasteiger partial charge in [-0.2, -0.15) is 0 Å². The standard InChI is InChI=1S/C16H15NO4/c1-10-9-11(7-8-14(10)18)15(19)17-13-6-4-3-5-12(13)16(20)21-2/h3-9,18H,1-2H3,(H,17,19). The first-order valence-corrected chi connectivity index (χ1v) is 6.31. The van der Waals surface area contributed by atoms with Crippen molar-refractivity contribution in [3.63, 3.8) is 0 Å². The molecule has 0 saturated carbocycles. The molecule has 0 spiro atoms. The molecule has 0 aromatic heterocycles. The van der Waals surface area contributed by atoms with Gasteiger partial charge in [0.2, 0.25) is 0 Å². The molecule has 0 aliphatic rings. The van der Waals surface area contributed by atoms with Crippen molar-refractivity contribution >= 4 is 17.6 Å².